The number of carbonyl (C=O) groups is 6. The summed E-state index contributed by atoms with van der Waals surface area (Å²) in [4.78, 5) is 86.0. The van der Waals surface area contributed by atoms with Gasteiger partial charge in [0.05, 0.1) is 18.2 Å². The molecule has 2 N–H and O–H groups in total. The molecule has 11 nitrogen and oxygen atoms in total. The predicted octanol–water partition coefficient (Wildman–Crippen LogP) is 7.89. The molecular weight excluding hydrogens is 745 g/mol. The topological polar surface area (TPSA) is 144 Å². The third kappa shape index (κ3) is 15.1. The van der Waals surface area contributed by atoms with Crippen molar-refractivity contribution in [2.24, 2.45) is 41.4 Å². The van der Waals surface area contributed by atoms with Gasteiger partial charge in [0.2, 0.25) is 23.6 Å². The molecule has 1 aromatic rings. The zero-order valence-corrected chi connectivity index (χ0v) is 39.4. The lowest BCUT2D eigenvalue weighted by molar-refractivity contribution is -0.146. The van der Waals surface area contributed by atoms with Crippen LogP contribution in [0, 0.1) is 41.4 Å². The van der Waals surface area contributed by atoms with Crippen molar-refractivity contribution in [3.8, 4) is 0 Å². The molecule has 0 bridgehead atoms. The van der Waals surface area contributed by atoms with E-state index in [1.54, 1.807) is 32.8 Å². The molecule has 0 saturated carbocycles. The lowest BCUT2D eigenvalue weighted by Gasteiger charge is -2.40. The van der Waals surface area contributed by atoms with Crippen LogP contribution in [0.25, 0.3) is 0 Å². The van der Waals surface area contributed by atoms with Crippen LogP contribution < -0.4 is 5.32 Å². The van der Waals surface area contributed by atoms with Crippen LogP contribution in [-0.2, 0) is 28.8 Å². The first-order valence-corrected chi connectivity index (χ1v) is 22.6. The molecule has 11 heteroatoms. The number of amides is 4. The summed E-state index contributed by atoms with van der Waals surface area (Å²) in [5.41, 5.74) is 0.734. The normalized spacial score (nSPS) is 18.6. The molecule has 336 valence electrons. The smallest absolute Gasteiger partial charge is 0.226 e. The van der Waals surface area contributed by atoms with Crippen molar-refractivity contribution in [3.05, 3.63) is 35.9 Å². The van der Waals surface area contributed by atoms with E-state index in [0.717, 1.165) is 24.8 Å². The van der Waals surface area contributed by atoms with Crippen molar-refractivity contribution >= 4 is 35.2 Å². The molecule has 1 saturated heterocycles. The van der Waals surface area contributed by atoms with Gasteiger partial charge in [0.15, 0.2) is 5.78 Å². The number of nitrogens with zero attached hydrogens (tertiary/aromatic N) is 3. The Morgan fingerprint density at radius 1 is 0.814 bits per heavy atom. The molecule has 1 fully saturated rings. The van der Waals surface area contributed by atoms with E-state index in [0.29, 0.717) is 13.0 Å². The van der Waals surface area contributed by atoms with Crippen LogP contribution in [0.2, 0.25) is 0 Å². The third-order valence-electron chi connectivity index (χ3n) is 12.8. The molecule has 59 heavy (non-hydrogen) atoms. The van der Waals surface area contributed by atoms with E-state index in [1.807, 2.05) is 97.5 Å². The molecule has 1 aliphatic rings. The van der Waals surface area contributed by atoms with Crippen LogP contribution in [0.3, 0.4) is 0 Å². The maximum Gasteiger partial charge on any atom is 0.226 e. The SMILES string of the molecule is CC.CCC(=O)CCC(=O)N(C)C(C(=O)CC(C(=O)N(C)C([C@H](C)CC(=O)N1CCCC1[C@H](C)[C@H](C)C(=O)N[C@H](C)[C@@H](O)c1ccccc1)[C@@H](C)CC)C(C)C)C(C)C. The molecule has 0 spiro atoms. The molecule has 1 aromatic carbocycles. The Kier molecular flexibility index (Phi) is 23.4. The second-order valence-corrected chi connectivity index (χ2v) is 17.7. The van der Waals surface area contributed by atoms with E-state index >= 15 is 0 Å². The van der Waals surface area contributed by atoms with Crippen LogP contribution in [-0.4, -0.2) is 99.8 Å². The number of nitrogens with one attached hydrogen (secondary N) is 1. The highest BCUT2D eigenvalue weighted by molar-refractivity contribution is 5.93. The minimum atomic E-state index is -0.841. The van der Waals surface area contributed by atoms with E-state index in [2.05, 4.69) is 19.2 Å². The number of likely N-dealkylation sites (tertiary alicyclic amines) is 1. The van der Waals surface area contributed by atoms with Gasteiger partial charge < -0.3 is 25.1 Å². The van der Waals surface area contributed by atoms with Gasteiger partial charge in [-0.25, -0.2) is 0 Å². The first-order chi connectivity index (χ1) is 27.7. The van der Waals surface area contributed by atoms with Crippen molar-refractivity contribution in [1.82, 2.24) is 20.0 Å². The highest BCUT2D eigenvalue weighted by Gasteiger charge is 2.41. The summed E-state index contributed by atoms with van der Waals surface area (Å²) in [6, 6.07) is 7.68. The van der Waals surface area contributed by atoms with E-state index in [4.69, 9.17) is 0 Å². The highest BCUT2D eigenvalue weighted by atomic mass is 16.3. The number of ketones is 2. The van der Waals surface area contributed by atoms with Gasteiger partial charge in [-0.15, -0.1) is 0 Å². The van der Waals surface area contributed by atoms with Gasteiger partial charge >= 0.3 is 0 Å². The van der Waals surface area contributed by atoms with Crippen molar-refractivity contribution in [2.75, 3.05) is 20.6 Å². The summed E-state index contributed by atoms with van der Waals surface area (Å²) in [6.45, 7) is 25.9. The van der Waals surface area contributed by atoms with Crippen molar-refractivity contribution < 1.29 is 33.9 Å². The number of rotatable bonds is 23. The van der Waals surface area contributed by atoms with Crippen molar-refractivity contribution in [3.63, 3.8) is 0 Å². The molecule has 4 unspecified atom stereocenters. The molecule has 10 atom stereocenters. The summed E-state index contributed by atoms with van der Waals surface area (Å²) in [5.74, 6) is -2.28. The molecule has 4 amide bonds. The largest absolute Gasteiger partial charge is 0.386 e. The Morgan fingerprint density at radius 3 is 1.93 bits per heavy atom. The highest BCUT2D eigenvalue weighted by Crippen LogP contribution is 2.33. The van der Waals surface area contributed by atoms with E-state index in [9.17, 15) is 33.9 Å². The maximum atomic E-state index is 14.4. The van der Waals surface area contributed by atoms with Crippen LogP contribution in [0.4, 0.5) is 0 Å². The third-order valence-corrected chi connectivity index (χ3v) is 12.8. The minimum Gasteiger partial charge on any atom is -0.386 e. The number of aliphatic hydroxyl groups is 1. The average Bonchev–Trinajstić information content (AvgIpc) is 3.71. The quantitative estimate of drug-likeness (QED) is 0.114. The number of likely N-dealkylation sites (N-methyl/N-ethyl adjacent to an activating group) is 1. The molecular formula is C48H82N4O7. The average molecular weight is 827 g/mol. The van der Waals surface area contributed by atoms with Crippen LogP contribution >= 0.6 is 0 Å². The maximum absolute atomic E-state index is 14.4. The summed E-state index contributed by atoms with van der Waals surface area (Å²) in [5, 5.41) is 13.8. The number of aliphatic hydroxyl groups excluding tert-OH is 1. The lowest BCUT2D eigenvalue weighted by Crippen LogP contribution is -2.51. The fourth-order valence-electron chi connectivity index (χ4n) is 8.82. The van der Waals surface area contributed by atoms with Crippen LogP contribution in [0.5, 0.6) is 0 Å². The van der Waals surface area contributed by atoms with E-state index < -0.39 is 30.0 Å². The Bertz CT molecular complexity index is 1480. The lowest BCUT2D eigenvalue weighted by atomic mass is 9.81. The predicted molar refractivity (Wildman–Crippen MR) is 237 cm³/mol. The van der Waals surface area contributed by atoms with Gasteiger partial charge in [0.1, 0.15) is 5.78 Å². The Balaban J connectivity index is 0.00000856. The molecule has 1 aliphatic heterocycles. The molecule has 0 radical (unpaired) electrons. The van der Waals surface area contributed by atoms with Crippen LogP contribution in [0.15, 0.2) is 30.3 Å². The minimum absolute atomic E-state index is 0.000499. The summed E-state index contributed by atoms with van der Waals surface area (Å²) in [6.07, 6.45) is 2.38. The first kappa shape index (κ1) is 53.4. The fourth-order valence-corrected chi connectivity index (χ4v) is 8.82. The Hall–Kier alpha value is -3.60. The second kappa shape index (κ2) is 25.9. The standard InChI is InChI=1S/C46H76N4O7.C2H6/c1-14-30(7)43(49(13)46(57)37(28(3)4)27-39(52)42(29(5)6)48(12)40(53)24-23-36(51)15-2)31(8)26-41(54)50-25-19-22-38(50)32(9)33(10)45(56)47-34(11)44(55)35-20-17-16-18-21-35;1-2/h16-18,20-21,28-34,37-38,42-44,55H,14-15,19,22-27H2,1-13H3,(H,47,56);1-2H3/t30-,31+,32+,33-,34+,37?,38?,42?,43?,44+;/m0./s1. The Morgan fingerprint density at radius 2 is 1.41 bits per heavy atom. The first-order valence-electron chi connectivity index (χ1n) is 22.6. The number of hydrogen-bond acceptors (Lipinski definition) is 7. The monoisotopic (exact) mass is 827 g/mol. The second-order valence-electron chi connectivity index (χ2n) is 17.7. The number of carbonyl (C=O) groups excluding carboxylic acids is 6. The summed E-state index contributed by atoms with van der Waals surface area (Å²) < 4.78 is 0. The van der Waals surface area contributed by atoms with Crippen LogP contribution in [0.1, 0.15) is 153 Å². The Labute approximate surface area is 357 Å². The molecule has 0 aromatic heterocycles. The number of Topliss-reactive ketones (excluding diaryl/α,β-unsaturated/α-hetero) is 2. The van der Waals surface area contributed by atoms with Gasteiger partial charge in [-0.3, -0.25) is 28.8 Å². The van der Waals surface area contributed by atoms with Gasteiger partial charge in [0, 0.05) is 76.7 Å². The number of hydrogen-bond donors (Lipinski definition) is 2. The van der Waals surface area contributed by atoms with E-state index in [1.165, 1.54) is 4.90 Å². The summed E-state index contributed by atoms with van der Waals surface area (Å²) in [7, 11) is 3.40. The van der Waals surface area contributed by atoms with Crippen molar-refractivity contribution in [1.29, 1.82) is 0 Å². The number of benzene rings is 1. The summed E-state index contributed by atoms with van der Waals surface area (Å²) >= 11 is 0. The fraction of sp³-hybridized carbons (Fsp3) is 0.750. The molecule has 0 aliphatic carbocycles. The molecule has 2 rings (SSSR count). The van der Waals surface area contributed by atoms with Gasteiger partial charge in [-0.1, -0.05) is 120 Å². The van der Waals surface area contributed by atoms with Gasteiger partial charge in [-0.2, -0.15) is 0 Å². The molecule has 1 heterocycles. The zero-order chi connectivity index (χ0) is 45.3. The van der Waals surface area contributed by atoms with Gasteiger partial charge in [-0.05, 0) is 54.9 Å². The van der Waals surface area contributed by atoms with Crippen molar-refractivity contribution in [2.45, 2.75) is 172 Å². The van der Waals surface area contributed by atoms with Gasteiger partial charge in [0.25, 0.3) is 0 Å². The van der Waals surface area contributed by atoms with E-state index in [-0.39, 0.29) is 103 Å². The zero-order valence-electron chi connectivity index (χ0n) is 39.4.